The van der Waals surface area contributed by atoms with Crippen LogP contribution in [0.2, 0.25) is 0 Å². The lowest BCUT2D eigenvalue weighted by Crippen LogP contribution is -2.47. The van der Waals surface area contributed by atoms with Gasteiger partial charge >= 0.3 is 12.1 Å². The number of nitrogens with zero attached hydrogens (tertiary/aromatic N) is 2. The van der Waals surface area contributed by atoms with Crippen LogP contribution in [-0.4, -0.2) is 50.2 Å². The maximum Gasteiger partial charge on any atom is 0.416 e. The molecule has 4 nitrogen and oxygen atoms in total. The number of esters is 1. The highest BCUT2D eigenvalue weighted by Gasteiger charge is 2.39. The molecule has 1 saturated heterocycles. The molecule has 0 aromatic heterocycles. The molecule has 208 valence electrons. The summed E-state index contributed by atoms with van der Waals surface area (Å²) < 4.78 is 44.1. The molecule has 0 bridgehead atoms. The molecule has 0 saturated carbocycles. The van der Waals surface area contributed by atoms with Crippen molar-refractivity contribution in [3.8, 4) is 11.1 Å². The standard InChI is InChI=1S/C32H37F3N2O2/c1-3-31(30(38)39-4-2,27-9-6-5-7-10-27)19-8-20-36-21-23-37(24-22-36)29-17-13-26(14-18-29)25-11-15-28(16-12-25)32(33,34)35/h5-7,9-18H,3-4,8,19-24H2,1-2H3. The molecule has 1 unspecified atom stereocenters. The lowest BCUT2D eigenvalue weighted by Gasteiger charge is -2.37. The fraction of sp³-hybridized carbons (Fsp3) is 0.406. The topological polar surface area (TPSA) is 32.8 Å². The van der Waals surface area contributed by atoms with E-state index >= 15 is 0 Å². The van der Waals surface area contributed by atoms with Crippen LogP contribution in [0, 0.1) is 0 Å². The smallest absolute Gasteiger partial charge is 0.416 e. The third-order valence-corrected chi connectivity index (χ3v) is 7.82. The zero-order valence-electron chi connectivity index (χ0n) is 22.7. The Morgan fingerprint density at radius 3 is 1.92 bits per heavy atom. The summed E-state index contributed by atoms with van der Waals surface area (Å²) in [7, 11) is 0. The van der Waals surface area contributed by atoms with Gasteiger partial charge in [-0.05, 0) is 73.7 Å². The molecule has 1 fully saturated rings. The van der Waals surface area contributed by atoms with Crippen molar-refractivity contribution in [3.63, 3.8) is 0 Å². The molecule has 1 aliphatic rings. The second-order valence-electron chi connectivity index (χ2n) is 10.1. The zero-order chi connectivity index (χ0) is 27.9. The summed E-state index contributed by atoms with van der Waals surface area (Å²) in [5.41, 5.74) is 2.54. The van der Waals surface area contributed by atoms with Crippen LogP contribution >= 0.6 is 0 Å². The van der Waals surface area contributed by atoms with Gasteiger partial charge in [0, 0.05) is 31.9 Å². The minimum Gasteiger partial charge on any atom is -0.465 e. The molecule has 0 amide bonds. The molecule has 7 heteroatoms. The maximum absolute atomic E-state index is 13.1. The summed E-state index contributed by atoms with van der Waals surface area (Å²) >= 11 is 0. The van der Waals surface area contributed by atoms with E-state index in [1.165, 1.54) is 12.1 Å². The summed E-state index contributed by atoms with van der Waals surface area (Å²) in [5.74, 6) is -0.136. The number of piperazine rings is 1. The summed E-state index contributed by atoms with van der Waals surface area (Å²) in [6, 6.07) is 23.3. The SMILES string of the molecule is CCOC(=O)C(CC)(CCCN1CCN(c2ccc(-c3ccc(C(F)(F)F)cc3)cc2)CC1)c1ccccc1. The van der Waals surface area contributed by atoms with Gasteiger partial charge in [0.15, 0.2) is 0 Å². The van der Waals surface area contributed by atoms with E-state index in [-0.39, 0.29) is 5.97 Å². The predicted molar refractivity (Wildman–Crippen MR) is 150 cm³/mol. The molecule has 0 radical (unpaired) electrons. The van der Waals surface area contributed by atoms with Gasteiger partial charge in [0.2, 0.25) is 0 Å². The fourth-order valence-corrected chi connectivity index (χ4v) is 5.47. The second kappa shape index (κ2) is 12.7. The Bertz CT molecular complexity index is 1190. The largest absolute Gasteiger partial charge is 0.465 e. The van der Waals surface area contributed by atoms with Crippen LogP contribution in [0.1, 0.15) is 44.2 Å². The number of hydrogen-bond donors (Lipinski definition) is 0. The number of carbonyl (C=O) groups is 1. The summed E-state index contributed by atoms with van der Waals surface area (Å²) in [6.07, 6.45) is -1.97. The van der Waals surface area contributed by atoms with Crippen LogP contribution in [0.25, 0.3) is 11.1 Å². The Kier molecular flexibility index (Phi) is 9.33. The maximum atomic E-state index is 13.1. The first-order valence-electron chi connectivity index (χ1n) is 13.7. The number of anilines is 1. The van der Waals surface area contributed by atoms with Crippen LogP contribution in [0.15, 0.2) is 78.9 Å². The van der Waals surface area contributed by atoms with Crippen LogP contribution in [-0.2, 0) is 21.1 Å². The van der Waals surface area contributed by atoms with Gasteiger partial charge in [-0.15, -0.1) is 0 Å². The van der Waals surface area contributed by atoms with E-state index in [4.69, 9.17) is 4.74 Å². The fourth-order valence-electron chi connectivity index (χ4n) is 5.47. The molecular weight excluding hydrogens is 501 g/mol. The summed E-state index contributed by atoms with van der Waals surface area (Å²) in [4.78, 5) is 17.8. The molecule has 4 rings (SSSR count). The monoisotopic (exact) mass is 538 g/mol. The molecule has 1 heterocycles. The Hall–Kier alpha value is -3.32. The van der Waals surface area contributed by atoms with Crippen LogP contribution in [0.4, 0.5) is 18.9 Å². The molecule has 3 aromatic rings. The van der Waals surface area contributed by atoms with Crippen LogP contribution in [0.5, 0.6) is 0 Å². The van der Waals surface area contributed by atoms with Crippen molar-refractivity contribution >= 4 is 11.7 Å². The lowest BCUT2D eigenvalue weighted by atomic mass is 9.74. The van der Waals surface area contributed by atoms with Crippen molar-refractivity contribution in [2.45, 2.75) is 44.7 Å². The molecule has 3 aromatic carbocycles. The van der Waals surface area contributed by atoms with E-state index in [9.17, 15) is 18.0 Å². The van der Waals surface area contributed by atoms with Gasteiger partial charge in [0.1, 0.15) is 0 Å². The molecular formula is C32H37F3N2O2. The van der Waals surface area contributed by atoms with Crippen molar-refractivity contribution in [1.82, 2.24) is 4.90 Å². The first-order chi connectivity index (χ1) is 18.8. The van der Waals surface area contributed by atoms with Crippen molar-refractivity contribution in [2.24, 2.45) is 0 Å². The van der Waals surface area contributed by atoms with Crippen LogP contribution < -0.4 is 4.90 Å². The Morgan fingerprint density at radius 2 is 1.38 bits per heavy atom. The third-order valence-electron chi connectivity index (χ3n) is 7.82. The molecule has 1 atom stereocenters. The van der Waals surface area contributed by atoms with E-state index in [0.29, 0.717) is 13.0 Å². The average Bonchev–Trinajstić information content (AvgIpc) is 2.96. The Balaban J connectivity index is 1.31. The number of rotatable bonds is 10. The van der Waals surface area contributed by atoms with E-state index < -0.39 is 17.2 Å². The van der Waals surface area contributed by atoms with Crippen LogP contribution in [0.3, 0.4) is 0 Å². The zero-order valence-corrected chi connectivity index (χ0v) is 22.7. The van der Waals surface area contributed by atoms with E-state index in [0.717, 1.165) is 80.1 Å². The van der Waals surface area contributed by atoms with Gasteiger partial charge in [0.05, 0.1) is 17.6 Å². The Morgan fingerprint density at radius 1 is 0.795 bits per heavy atom. The lowest BCUT2D eigenvalue weighted by molar-refractivity contribution is -0.151. The average molecular weight is 539 g/mol. The predicted octanol–water partition coefficient (Wildman–Crippen LogP) is 7.19. The van der Waals surface area contributed by atoms with Gasteiger partial charge in [0.25, 0.3) is 0 Å². The molecule has 0 spiro atoms. The first kappa shape index (κ1) is 28.7. The van der Waals surface area contributed by atoms with Crippen molar-refractivity contribution in [3.05, 3.63) is 90.0 Å². The van der Waals surface area contributed by atoms with E-state index in [1.807, 2.05) is 61.5 Å². The number of benzene rings is 3. The van der Waals surface area contributed by atoms with Gasteiger partial charge in [-0.3, -0.25) is 9.69 Å². The van der Waals surface area contributed by atoms with E-state index in [1.54, 1.807) is 0 Å². The van der Waals surface area contributed by atoms with E-state index in [2.05, 4.69) is 16.7 Å². The van der Waals surface area contributed by atoms with Crippen molar-refractivity contribution < 1.29 is 22.7 Å². The minimum absolute atomic E-state index is 0.136. The third kappa shape index (κ3) is 6.82. The highest BCUT2D eigenvalue weighted by atomic mass is 19.4. The van der Waals surface area contributed by atoms with Crippen molar-refractivity contribution in [2.75, 3.05) is 44.2 Å². The number of ether oxygens (including phenoxy) is 1. The molecule has 1 aliphatic heterocycles. The minimum atomic E-state index is -4.33. The first-order valence-corrected chi connectivity index (χ1v) is 13.7. The van der Waals surface area contributed by atoms with Gasteiger partial charge in [-0.1, -0.05) is 61.5 Å². The Labute approximate surface area is 229 Å². The quantitative estimate of drug-likeness (QED) is 0.256. The number of halogens is 3. The second-order valence-corrected chi connectivity index (χ2v) is 10.1. The van der Waals surface area contributed by atoms with Gasteiger partial charge in [-0.2, -0.15) is 13.2 Å². The highest BCUT2D eigenvalue weighted by Crippen LogP contribution is 2.35. The highest BCUT2D eigenvalue weighted by molar-refractivity contribution is 5.83. The number of alkyl halides is 3. The number of hydrogen-bond acceptors (Lipinski definition) is 4. The van der Waals surface area contributed by atoms with Gasteiger partial charge < -0.3 is 9.64 Å². The molecule has 0 N–H and O–H groups in total. The number of carbonyl (C=O) groups excluding carboxylic acids is 1. The summed E-state index contributed by atoms with van der Waals surface area (Å²) in [6.45, 7) is 8.88. The van der Waals surface area contributed by atoms with Crippen molar-refractivity contribution in [1.29, 1.82) is 0 Å². The van der Waals surface area contributed by atoms with Gasteiger partial charge in [-0.25, -0.2) is 0 Å². The normalized spacial score (nSPS) is 16.1. The molecule has 39 heavy (non-hydrogen) atoms. The molecule has 0 aliphatic carbocycles. The summed E-state index contributed by atoms with van der Waals surface area (Å²) in [5, 5.41) is 0.